The Kier molecular flexibility index (Phi) is 14.6. The van der Waals surface area contributed by atoms with Gasteiger partial charge in [-0.05, 0) is 25.7 Å². The molecule has 38 heavy (non-hydrogen) atoms. The zero-order valence-electron chi connectivity index (χ0n) is 23.8. The van der Waals surface area contributed by atoms with E-state index in [1.165, 1.54) is 0 Å². The predicted octanol–water partition coefficient (Wildman–Crippen LogP) is 4.44. The first-order valence-electron chi connectivity index (χ1n) is 13.6. The zero-order chi connectivity index (χ0) is 29.0. The molecule has 1 rings (SSSR count). The molecule has 0 spiro atoms. The minimum absolute atomic E-state index is 0.127. The number of primary amides is 1. The average molecular weight is 536 g/mol. The van der Waals surface area contributed by atoms with Crippen molar-refractivity contribution in [3.8, 4) is 0 Å². The Morgan fingerprint density at radius 3 is 2.29 bits per heavy atom. The predicted molar refractivity (Wildman–Crippen MR) is 149 cm³/mol. The molecular formula is C30H49NO7. The number of amides is 1. The molecule has 1 heterocycles. The summed E-state index contributed by atoms with van der Waals surface area (Å²) < 4.78 is 10.5. The molecule has 1 amide bonds. The van der Waals surface area contributed by atoms with E-state index in [0.29, 0.717) is 25.7 Å². The highest BCUT2D eigenvalue weighted by atomic mass is 16.6. The Morgan fingerprint density at radius 1 is 1.08 bits per heavy atom. The molecule has 0 saturated carbocycles. The first kappa shape index (κ1) is 33.6. The highest BCUT2D eigenvalue weighted by Gasteiger charge is 2.33. The molecule has 1 fully saturated rings. The van der Waals surface area contributed by atoms with Crippen LogP contribution in [0.3, 0.4) is 0 Å². The number of rotatable bonds is 16. The second kappa shape index (κ2) is 16.5. The van der Waals surface area contributed by atoms with Gasteiger partial charge in [0.25, 0.3) is 0 Å². The standard InChI is InChI=1S/C30H49NO7/c1-8-9-10-20(4)29(38-30(31)36)23(7)28(35)22(6)16-18(2)15-21(5)27(34)19(3)11-12-24(32)17-25-13-14-26(33)37-25/h8-12,15,19-25,27-29,32,34-35H,1,13-14,16-17H2,2-7H3,(H2,31,36)/b10-9-,12-11-,18-15-. The third kappa shape index (κ3) is 11.5. The van der Waals surface area contributed by atoms with Crippen LogP contribution in [0.1, 0.15) is 67.2 Å². The zero-order valence-corrected chi connectivity index (χ0v) is 23.8. The minimum Gasteiger partial charge on any atom is -0.462 e. The smallest absolute Gasteiger partial charge is 0.404 e. The van der Waals surface area contributed by atoms with Crippen LogP contribution in [-0.4, -0.2) is 57.9 Å². The van der Waals surface area contributed by atoms with E-state index < -0.39 is 30.5 Å². The van der Waals surface area contributed by atoms with Gasteiger partial charge < -0.3 is 30.5 Å². The number of carbonyl (C=O) groups excluding carboxylic acids is 2. The van der Waals surface area contributed by atoms with E-state index in [4.69, 9.17) is 15.2 Å². The summed E-state index contributed by atoms with van der Waals surface area (Å²) in [6.07, 6.45) is 8.82. The fraction of sp³-hybridized carbons (Fsp3) is 0.667. The van der Waals surface area contributed by atoms with Crippen molar-refractivity contribution in [2.75, 3.05) is 0 Å². The van der Waals surface area contributed by atoms with Crippen molar-refractivity contribution in [3.05, 3.63) is 48.6 Å². The van der Waals surface area contributed by atoms with Gasteiger partial charge >= 0.3 is 12.1 Å². The Balaban J connectivity index is 2.71. The molecule has 1 saturated heterocycles. The lowest BCUT2D eigenvalue weighted by atomic mass is 9.81. The second-order valence-corrected chi connectivity index (χ2v) is 11.0. The van der Waals surface area contributed by atoms with E-state index in [2.05, 4.69) is 6.58 Å². The molecule has 1 aliphatic heterocycles. The van der Waals surface area contributed by atoms with Crippen LogP contribution in [0, 0.1) is 29.6 Å². The normalized spacial score (nSPS) is 23.8. The molecule has 8 heteroatoms. The lowest BCUT2D eigenvalue weighted by molar-refractivity contribution is -0.142. The number of cyclic esters (lactones) is 1. The van der Waals surface area contributed by atoms with Crippen LogP contribution in [0.4, 0.5) is 4.79 Å². The molecule has 1 aliphatic rings. The Morgan fingerprint density at radius 2 is 1.74 bits per heavy atom. The highest BCUT2D eigenvalue weighted by Crippen LogP contribution is 2.29. The topological polar surface area (TPSA) is 139 Å². The number of nitrogens with two attached hydrogens (primary N) is 1. The molecule has 0 aromatic rings. The van der Waals surface area contributed by atoms with Crippen molar-refractivity contribution in [2.24, 2.45) is 35.3 Å². The van der Waals surface area contributed by atoms with Crippen molar-refractivity contribution in [2.45, 2.75) is 97.7 Å². The third-order valence-electron chi connectivity index (χ3n) is 7.34. The quantitative estimate of drug-likeness (QED) is 0.130. The van der Waals surface area contributed by atoms with Gasteiger partial charge in [0.1, 0.15) is 12.2 Å². The van der Waals surface area contributed by atoms with Crippen LogP contribution in [0.15, 0.2) is 48.6 Å². The number of hydrogen-bond acceptors (Lipinski definition) is 7. The van der Waals surface area contributed by atoms with E-state index in [0.717, 1.165) is 5.57 Å². The maximum Gasteiger partial charge on any atom is 0.404 e. The monoisotopic (exact) mass is 535 g/mol. The van der Waals surface area contributed by atoms with Gasteiger partial charge in [-0.15, -0.1) is 0 Å². The molecule has 0 aliphatic carbocycles. The van der Waals surface area contributed by atoms with Crippen molar-refractivity contribution >= 4 is 12.1 Å². The van der Waals surface area contributed by atoms with E-state index in [1.54, 1.807) is 24.3 Å². The van der Waals surface area contributed by atoms with Gasteiger partial charge in [0.2, 0.25) is 0 Å². The summed E-state index contributed by atoms with van der Waals surface area (Å²) in [5.41, 5.74) is 6.31. The van der Waals surface area contributed by atoms with Gasteiger partial charge in [0, 0.05) is 36.5 Å². The van der Waals surface area contributed by atoms with Gasteiger partial charge in [-0.3, -0.25) is 4.79 Å². The molecular weight excluding hydrogens is 486 g/mol. The van der Waals surface area contributed by atoms with Crippen molar-refractivity contribution in [1.82, 2.24) is 0 Å². The lowest BCUT2D eigenvalue weighted by Gasteiger charge is -2.33. The van der Waals surface area contributed by atoms with Gasteiger partial charge in [0.05, 0.1) is 18.3 Å². The number of carbonyl (C=O) groups is 2. The molecule has 8 nitrogen and oxygen atoms in total. The maximum atomic E-state index is 11.5. The van der Waals surface area contributed by atoms with E-state index in [-0.39, 0.29) is 41.7 Å². The summed E-state index contributed by atoms with van der Waals surface area (Å²) in [5, 5.41) is 32.1. The van der Waals surface area contributed by atoms with Gasteiger partial charge in [-0.1, -0.05) is 83.2 Å². The molecule has 0 aromatic heterocycles. The summed E-state index contributed by atoms with van der Waals surface area (Å²) >= 11 is 0. The van der Waals surface area contributed by atoms with Gasteiger partial charge in [-0.2, -0.15) is 0 Å². The minimum atomic E-state index is -0.878. The number of allylic oxidation sites excluding steroid dienone is 3. The summed E-state index contributed by atoms with van der Waals surface area (Å²) in [5.74, 6) is -1.23. The van der Waals surface area contributed by atoms with Gasteiger partial charge in [0.15, 0.2) is 0 Å². The van der Waals surface area contributed by atoms with Gasteiger partial charge in [-0.25, -0.2) is 4.79 Å². The third-order valence-corrected chi connectivity index (χ3v) is 7.34. The fourth-order valence-corrected chi connectivity index (χ4v) is 5.14. The molecule has 0 aromatic carbocycles. The summed E-state index contributed by atoms with van der Waals surface area (Å²) in [6.45, 7) is 15.1. The molecule has 5 N–H and O–H groups in total. The van der Waals surface area contributed by atoms with Crippen LogP contribution in [-0.2, 0) is 14.3 Å². The van der Waals surface area contributed by atoms with Crippen molar-refractivity contribution < 1.29 is 34.4 Å². The average Bonchev–Trinajstić information content (AvgIpc) is 3.26. The first-order chi connectivity index (χ1) is 17.8. The molecule has 10 atom stereocenters. The van der Waals surface area contributed by atoms with Crippen LogP contribution in [0.25, 0.3) is 0 Å². The maximum absolute atomic E-state index is 11.5. The number of esters is 1. The largest absolute Gasteiger partial charge is 0.462 e. The number of hydrogen-bond donors (Lipinski definition) is 4. The summed E-state index contributed by atoms with van der Waals surface area (Å²) in [4.78, 5) is 22.7. The molecule has 10 unspecified atom stereocenters. The highest BCUT2D eigenvalue weighted by molar-refractivity contribution is 5.71. The first-order valence-corrected chi connectivity index (χ1v) is 13.6. The van der Waals surface area contributed by atoms with Crippen LogP contribution in [0.2, 0.25) is 0 Å². The summed E-state index contributed by atoms with van der Waals surface area (Å²) in [7, 11) is 0. The molecule has 0 radical (unpaired) electrons. The number of aliphatic hydroxyl groups excluding tert-OH is 3. The lowest BCUT2D eigenvalue weighted by Crippen LogP contribution is -2.41. The van der Waals surface area contributed by atoms with Crippen LogP contribution in [0.5, 0.6) is 0 Å². The number of aliphatic hydroxyl groups is 3. The van der Waals surface area contributed by atoms with Crippen LogP contribution < -0.4 is 5.73 Å². The SMILES string of the molecule is C=C/C=C\C(C)C(OC(N)=O)C(C)C(O)C(C)C/C(C)=C\C(C)C(O)C(C)/C=C\C(O)CC1CCC(=O)O1. The van der Waals surface area contributed by atoms with E-state index in [1.807, 2.05) is 53.7 Å². The van der Waals surface area contributed by atoms with Crippen molar-refractivity contribution in [3.63, 3.8) is 0 Å². The number of ether oxygens (including phenoxy) is 2. The Hall–Kier alpha value is -2.42. The van der Waals surface area contributed by atoms with Crippen LogP contribution >= 0.6 is 0 Å². The molecule has 216 valence electrons. The van der Waals surface area contributed by atoms with E-state index in [9.17, 15) is 24.9 Å². The Labute approximate surface area is 228 Å². The Bertz CT molecular complexity index is 852. The summed E-state index contributed by atoms with van der Waals surface area (Å²) in [6, 6.07) is 0. The van der Waals surface area contributed by atoms with E-state index >= 15 is 0 Å². The fourth-order valence-electron chi connectivity index (χ4n) is 5.14. The second-order valence-electron chi connectivity index (χ2n) is 11.0. The van der Waals surface area contributed by atoms with Crippen molar-refractivity contribution in [1.29, 1.82) is 0 Å². The molecule has 0 bridgehead atoms.